The number of fused-ring (bicyclic) bond motifs is 1. The van der Waals surface area contributed by atoms with Gasteiger partial charge in [0, 0.05) is 56.2 Å². The molecule has 3 aromatic heterocycles. The van der Waals surface area contributed by atoms with Crippen molar-refractivity contribution in [2.24, 2.45) is 0 Å². The van der Waals surface area contributed by atoms with E-state index in [9.17, 15) is 4.79 Å². The fourth-order valence-corrected chi connectivity index (χ4v) is 6.10. The highest BCUT2D eigenvalue weighted by Gasteiger charge is 2.27. The summed E-state index contributed by atoms with van der Waals surface area (Å²) in [6.07, 6.45) is 8.82. The molecule has 1 aliphatic heterocycles. The van der Waals surface area contributed by atoms with Crippen LogP contribution in [0.4, 0.5) is 0 Å². The number of thioether (sulfide) groups is 1. The van der Waals surface area contributed by atoms with Crippen LogP contribution in [-0.2, 0) is 17.0 Å². The number of aryl methyl sites for hydroxylation is 2. The summed E-state index contributed by atoms with van der Waals surface area (Å²) >= 11 is 3.31. The van der Waals surface area contributed by atoms with Crippen LogP contribution in [0.3, 0.4) is 0 Å². The van der Waals surface area contributed by atoms with Crippen LogP contribution in [-0.4, -0.2) is 43.8 Å². The second-order valence-corrected chi connectivity index (χ2v) is 10.7. The molecule has 34 heavy (non-hydrogen) atoms. The summed E-state index contributed by atoms with van der Waals surface area (Å²) in [5.41, 5.74) is 4.34. The number of aromatic nitrogens is 4. The van der Waals surface area contributed by atoms with Gasteiger partial charge in [-0.15, -0.1) is 11.3 Å². The quantitative estimate of drug-likeness (QED) is 0.255. The molecule has 6 nitrogen and oxygen atoms in total. The number of para-hydroxylation sites is 1. The van der Waals surface area contributed by atoms with Gasteiger partial charge in [-0.3, -0.25) is 9.78 Å². The minimum absolute atomic E-state index is 0.210. The number of carbonyl (C=O) groups excluding carboxylic acids is 1. The maximum atomic E-state index is 13.0. The molecule has 4 aromatic rings. The molecule has 1 amide bonds. The molecule has 174 valence electrons. The van der Waals surface area contributed by atoms with Crippen LogP contribution in [0.25, 0.3) is 10.2 Å². The Labute approximate surface area is 207 Å². The van der Waals surface area contributed by atoms with Crippen molar-refractivity contribution in [1.29, 1.82) is 0 Å². The van der Waals surface area contributed by atoms with Gasteiger partial charge in [0.05, 0.1) is 20.9 Å². The molecule has 5 rings (SSSR count). The van der Waals surface area contributed by atoms with Gasteiger partial charge in [-0.05, 0) is 49.1 Å². The molecular formula is C26H27N5OS2. The highest BCUT2D eigenvalue weighted by Crippen LogP contribution is 2.30. The molecule has 1 fully saturated rings. The highest BCUT2D eigenvalue weighted by molar-refractivity contribution is 7.98. The number of hydrogen-bond donors (Lipinski definition) is 0. The van der Waals surface area contributed by atoms with Crippen LogP contribution in [0.2, 0.25) is 0 Å². The van der Waals surface area contributed by atoms with Gasteiger partial charge in [0.2, 0.25) is 5.91 Å². The Kier molecular flexibility index (Phi) is 7.16. The van der Waals surface area contributed by atoms with Gasteiger partial charge >= 0.3 is 0 Å². The fraction of sp³-hybridized carbons (Fsp3) is 0.346. The fourth-order valence-electron chi connectivity index (χ4n) is 4.38. The molecule has 8 heteroatoms. The molecule has 1 saturated heterocycles. The van der Waals surface area contributed by atoms with Gasteiger partial charge in [-0.2, -0.15) is 0 Å². The Hall–Kier alpha value is -2.84. The molecule has 0 aliphatic carbocycles. The van der Waals surface area contributed by atoms with E-state index >= 15 is 0 Å². The summed E-state index contributed by atoms with van der Waals surface area (Å²) in [5, 5.41) is 1.81. The Morgan fingerprint density at radius 2 is 2.09 bits per heavy atom. The van der Waals surface area contributed by atoms with Crippen molar-refractivity contribution in [3.8, 4) is 0 Å². The minimum atomic E-state index is 0.210. The predicted octanol–water partition coefficient (Wildman–Crippen LogP) is 5.42. The van der Waals surface area contributed by atoms with E-state index < -0.39 is 0 Å². The van der Waals surface area contributed by atoms with Crippen LogP contribution in [0, 0.1) is 6.92 Å². The number of pyridine rings is 1. The number of benzene rings is 1. The summed E-state index contributed by atoms with van der Waals surface area (Å²) in [4.78, 5) is 33.3. The smallest absolute Gasteiger partial charge is 0.223 e. The lowest BCUT2D eigenvalue weighted by atomic mass is 9.92. The molecule has 1 aromatic carbocycles. The number of piperidine rings is 1. The minimum Gasteiger partial charge on any atom is -0.342 e. The molecule has 4 heterocycles. The maximum Gasteiger partial charge on any atom is 0.223 e. The molecule has 0 spiro atoms. The summed E-state index contributed by atoms with van der Waals surface area (Å²) in [6.45, 7) is 3.62. The highest BCUT2D eigenvalue weighted by atomic mass is 32.2. The van der Waals surface area contributed by atoms with Gasteiger partial charge in [0.1, 0.15) is 0 Å². The predicted molar refractivity (Wildman–Crippen MR) is 137 cm³/mol. The molecule has 0 N–H and O–H groups in total. The third-order valence-corrected chi connectivity index (χ3v) is 8.16. The van der Waals surface area contributed by atoms with E-state index in [0.29, 0.717) is 12.8 Å². The summed E-state index contributed by atoms with van der Waals surface area (Å²) in [6, 6.07) is 12.2. The molecule has 1 atom stereocenters. The van der Waals surface area contributed by atoms with Crippen LogP contribution in [0.5, 0.6) is 0 Å². The number of rotatable bonds is 7. The van der Waals surface area contributed by atoms with Crippen molar-refractivity contribution < 1.29 is 4.79 Å². The second-order valence-electron chi connectivity index (χ2n) is 8.63. The number of hydrogen-bond acceptors (Lipinski definition) is 7. The van der Waals surface area contributed by atoms with Crippen molar-refractivity contribution in [2.45, 2.75) is 49.4 Å². The van der Waals surface area contributed by atoms with Gasteiger partial charge in [-0.25, -0.2) is 15.0 Å². The Balaban J connectivity index is 1.21. The van der Waals surface area contributed by atoms with Crippen LogP contribution < -0.4 is 0 Å². The molecule has 0 radical (unpaired) electrons. The third kappa shape index (κ3) is 5.45. The van der Waals surface area contributed by atoms with E-state index in [1.807, 2.05) is 41.6 Å². The molecule has 1 unspecified atom stereocenters. The van der Waals surface area contributed by atoms with Crippen molar-refractivity contribution >= 4 is 39.2 Å². The molecule has 1 aliphatic rings. The zero-order valence-corrected chi connectivity index (χ0v) is 20.8. The van der Waals surface area contributed by atoms with Gasteiger partial charge < -0.3 is 4.90 Å². The Bertz CT molecular complexity index is 1240. The Morgan fingerprint density at radius 1 is 1.18 bits per heavy atom. The topological polar surface area (TPSA) is 71.9 Å². The van der Waals surface area contributed by atoms with Crippen LogP contribution >= 0.6 is 23.1 Å². The standard InChI is InChI=1S/C26H27N5OS2/c1-18-14-28-26(33-17-19-6-4-12-27-15-19)30-25(18)20-7-5-13-31(16-20)24(32)11-10-23-29-21-8-2-3-9-22(21)34-23/h2-4,6,8-9,12,14-15,20H,5,7,10-11,13,16-17H2,1H3. The molecule has 0 bridgehead atoms. The van der Waals surface area contributed by atoms with E-state index in [1.165, 1.54) is 4.70 Å². The average molecular weight is 490 g/mol. The van der Waals surface area contributed by atoms with E-state index in [4.69, 9.17) is 4.98 Å². The summed E-state index contributed by atoms with van der Waals surface area (Å²) < 4.78 is 1.18. The first-order valence-electron chi connectivity index (χ1n) is 11.6. The number of thiazole rings is 1. The lowest BCUT2D eigenvalue weighted by Gasteiger charge is -2.33. The van der Waals surface area contributed by atoms with Crippen LogP contribution in [0.15, 0.2) is 60.1 Å². The van der Waals surface area contributed by atoms with E-state index in [1.54, 1.807) is 29.3 Å². The van der Waals surface area contributed by atoms with Crippen LogP contribution in [0.1, 0.15) is 47.0 Å². The van der Waals surface area contributed by atoms with E-state index in [-0.39, 0.29) is 11.8 Å². The maximum absolute atomic E-state index is 13.0. The number of nitrogens with zero attached hydrogens (tertiary/aromatic N) is 5. The summed E-state index contributed by atoms with van der Waals surface area (Å²) in [5.74, 6) is 1.25. The molecule has 0 saturated carbocycles. The third-order valence-electron chi connectivity index (χ3n) is 6.13. The Morgan fingerprint density at radius 3 is 2.94 bits per heavy atom. The number of likely N-dealkylation sites (tertiary alicyclic amines) is 1. The first-order valence-corrected chi connectivity index (χ1v) is 13.4. The van der Waals surface area contributed by atoms with Crippen molar-refractivity contribution in [3.05, 3.63) is 76.8 Å². The van der Waals surface area contributed by atoms with E-state index in [0.717, 1.165) is 64.2 Å². The van der Waals surface area contributed by atoms with Crippen molar-refractivity contribution in [1.82, 2.24) is 24.8 Å². The van der Waals surface area contributed by atoms with Gasteiger partial charge in [-0.1, -0.05) is 30.0 Å². The molecular weight excluding hydrogens is 462 g/mol. The lowest BCUT2D eigenvalue weighted by molar-refractivity contribution is -0.132. The monoisotopic (exact) mass is 489 g/mol. The van der Waals surface area contributed by atoms with Crippen molar-refractivity contribution in [3.63, 3.8) is 0 Å². The number of carbonyl (C=O) groups is 1. The largest absolute Gasteiger partial charge is 0.342 e. The normalized spacial score (nSPS) is 16.1. The second kappa shape index (κ2) is 10.6. The first-order chi connectivity index (χ1) is 16.7. The average Bonchev–Trinajstić information content (AvgIpc) is 3.30. The zero-order valence-electron chi connectivity index (χ0n) is 19.2. The SMILES string of the molecule is Cc1cnc(SCc2cccnc2)nc1C1CCCN(C(=O)CCc2nc3ccccc3s2)C1. The zero-order chi connectivity index (χ0) is 23.3. The van der Waals surface area contributed by atoms with Crippen molar-refractivity contribution in [2.75, 3.05) is 13.1 Å². The van der Waals surface area contributed by atoms with E-state index in [2.05, 4.69) is 34.0 Å². The summed E-state index contributed by atoms with van der Waals surface area (Å²) in [7, 11) is 0. The lowest BCUT2D eigenvalue weighted by Crippen LogP contribution is -2.39. The van der Waals surface area contributed by atoms with Gasteiger partial charge in [0.15, 0.2) is 5.16 Å². The first kappa shape index (κ1) is 22.9. The van der Waals surface area contributed by atoms with Gasteiger partial charge in [0.25, 0.3) is 0 Å². The number of amides is 1.